The summed E-state index contributed by atoms with van der Waals surface area (Å²) in [5.74, 6) is 0.591. The lowest BCUT2D eigenvalue weighted by atomic mass is 10.1. The van der Waals surface area contributed by atoms with Gasteiger partial charge in [-0.05, 0) is 30.2 Å². The SMILES string of the molecule is Cc1cncc(CN2CCc3nc(-c4cccnc4)[nH]c(=O)c3C2)c1. The van der Waals surface area contributed by atoms with E-state index in [4.69, 9.17) is 0 Å². The Kier molecular flexibility index (Phi) is 4.11. The van der Waals surface area contributed by atoms with Crippen LogP contribution in [0.5, 0.6) is 0 Å². The summed E-state index contributed by atoms with van der Waals surface area (Å²) in [5, 5.41) is 0. The average molecular weight is 333 g/mol. The highest BCUT2D eigenvalue weighted by molar-refractivity contribution is 5.53. The zero-order valence-corrected chi connectivity index (χ0v) is 14.1. The molecule has 1 aliphatic rings. The van der Waals surface area contributed by atoms with Gasteiger partial charge in [0.1, 0.15) is 5.82 Å². The molecule has 4 rings (SSSR count). The van der Waals surface area contributed by atoms with Crippen molar-refractivity contribution in [3.05, 3.63) is 75.7 Å². The Morgan fingerprint density at radius 1 is 1.24 bits per heavy atom. The molecule has 1 aliphatic heterocycles. The van der Waals surface area contributed by atoms with E-state index in [0.29, 0.717) is 12.4 Å². The third kappa shape index (κ3) is 3.34. The van der Waals surface area contributed by atoms with Gasteiger partial charge < -0.3 is 4.98 Å². The minimum Gasteiger partial charge on any atom is -0.306 e. The van der Waals surface area contributed by atoms with Crippen molar-refractivity contribution in [1.29, 1.82) is 0 Å². The van der Waals surface area contributed by atoms with E-state index in [1.165, 1.54) is 5.56 Å². The second-order valence-corrected chi connectivity index (χ2v) is 6.41. The fourth-order valence-corrected chi connectivity index (χ4v) is 3.22. The molecule has 1 N–H and O–H groups in total. The van der Waals surface area contributed by atoms with Crippen molar-refractivity contribution in [2.45, 2.75) is 26.4 Å². The predicted molar refractivity (Wildman–Crippen MR) is 94.9 cm³/mol. The molecular weight excluding hydrogens is 314 g/mol. The molecule has 0 saturated heterocycles. The molecule has 25 heavy (non-hydrogen) atoms. The molecular formula is C19H19N5O. The van der Waals surface area contributed by atoms with Crippen LogP contribution in [0.25, 0.3) is 11.4 Å². The second-order valence-electron chi connectivity index (χ2n) is 6.41. The lowest BCUT2D eigenvalue weighted by Gasteiger charge is -2.27. The summed E-state index contributed by atoms with van der Waals surface area (Å²) in [6.07, 6.45) is 7.93. The Morgan fingerprint density at radius 3 is 2.96 bits per heavy atom. The summed E-state index contributed by atoms with van der Waals surface area (Å²) in [4.78, 5) is 30.7. The van der Waals surface area contributed by atoms with E-state index in [1.807, 2.05) is 31.5 Å². The van der Waals surface area contributed by atoms with Gasteiger partial charge in [-0.3, -0.25) is 19.7 Å². The maximum Gasteiger partial charge on any atom is 0.255 e. The molecule has 0 atom stereocenters. The van der Waals surface area contributed by atoms with Gasteiger partial charge in [-0.25, -0.2) is 4.98 Å². The van der Waals surface area contributed by atoms with Gasteiger partial charge in [0, 0.05) is 56.4 Å². The normalized spacial score (nSPS) is 14.3. The largest absolute Gasteiger partial charge is 0.306 e. The van der Waals surface area contributed by atoms with Crippen LogP contribution in [0.3, 0.4) is 0 Å². The first kappa shape index (κ1) is 15.7. The first-order valence-electron chi connectivity index (χ1n) is 8.34. The third-order valence-electron chi connectivity index (χ3n) is 4.42. The highest BCUT2D eigenvalue weighted by Crippen LogP contribution is 2.19. The van der Waals surface area contributed by atoms with Crippen LogP contribution in [0, 0.1) is 6.92 Å². The molecule has 0 saturated carbocycles. The fourth-order valence-electron chi connectivity index (χ4n) is 3.22. The minimum absolute atomic E-state index is 0.0593. The molecule has 0 fully saturated rings. The standard InChI is InChI=1S/C19H19N5O/c1-13-7-14(9-21-8-13)11-24-6-4-17-16(12-24)19(25)23-18(22-17)15-3-2-5-20-10-15/h2-3,5,7-10H,4,6,11-12H2,1H3,(H,22,23,25). The zero-order valence-electron chi connectivity index (χ0n) is 14.1. The van der Waals surface area contributed by atoms with Gasteiger partial charge >= 0.3 is 0 Å². The molecule has 4 heterocycles. The quantitative estimate of drug-likeness (QED) is 0.794. The Hall–Kier alpha value is -2.86. The summed E-state index contributed by atoms with van der Waals surface area (Å²) < 4.78 is 0. The number of hydrogen-bond acceptors (Lipinski definition) is 5. The summed E-state index contributed by atoms with van der Waals surface area (Å²) in [6.45, 7) is 4.32. The van der Waals surface area contributed by atoms with Crippen molar-refractivity contribution in [2.75, 3.05) is 6.54 Å². The van der Waals surface area contributed by atoms with Crippen molar-refractivity contribution in [3.63, 3.8) is 0 Å². The summed E-state index contributed by atoms with van der Waals surface area (Å²) in [7, 11) is 0. The first-order chi connectivity index (χ1) is 12.2. The number of pyridine rings is 2. The topological polar surface area (TPSA) is 74.8 Å². The van der Waals surface area contributed by atoms with Gasteiger partial charge in [-0.1, -0.05) is 6.07 Å². The first-order valence-corrected chi connectivity index (χ1v) is 8.34. The van der Waals surface area contributed by atoms with E-state index in [1.54, 1.807) is 12.4 Å². The Morgan fingerprint density at radius 2 is 2.16 bits per heavy atom. The van der Waals surface area contributed by atoms with Gasteiger partial charge in [0.05, 0.1) is 11.3 Å². The Bertz CT molecular complexity index is 952. The molecule has 0 amide bonds. The van der Waals surface area contributed by atoms with Crippen LogP contribution in [0.1, 0.15) is 22.4 Å². The predicted octanol–water partition coefficient (Wildman–Crippen LogP) is 2.09. The minimum atomic E-state index is -0.0593. The summed E-state index contributed by atoms with van der Waals surface area (Å²) in [5.41, 5.74) is 4.74. The van der Waals surface area contributed by atoms with Crippen molar-refractivity contribution in [1.82, 2.24) is 24.8 Å². The molecule has 126 valence electrons. The highest BCUT2D eigenvalue weighted by atomic mass is 16.1. The zero-order chi connectivity index (χ0) is 17.2. The number of hydrogen-bond donors (Lipinski definition) is 1. The number of rotatable bonds is 3. The number of aromatic amines is 1. The van der Waals surface area contributed by atoms with E-state index < -0.39 is 0 Å². The van der Waals surface area contributed by atoms with Crippen molar-refractivity contribution < 1.29 is 0 Å². The van der Waals surface area contributed by atoms with Crippen LogP contribution in [0.15, 0.2) is 47.8 Å². The smallest absolute Gasteiger partial charge is 0.255 e. The molecule has 0 aliphatic carbocycles. The van der Waals surface area contributed by atoms with Gasteiger partial charge in [0.25, 0.3) is 5.56 Å². The van der Waals surface area contributed by atoms with Crippen LogP contribution < -0.4 is 5.56 Å². The van der Waals surface area contributed by atoms with Gasteiger partial charge in [0.2, 0.25) is 0 Å². The lowest BCUT2D eigenvalue weighted by molar-refractivity contribution is 0.241. The lowest BCUT2D eigenvalue weighted by Crippen LogP contribution is -2.35. The number of fused-ring (bicyclic) bond motifs is 1. The third-order valence-corrected chi connectivity index (χ3v) is 4.42. The molecule has 6 heteroatoms. The van der Waals surface area contributed by atoms with E-state index in [2.05, 4.69) is 30.9 Å². The average Bonchev–Trinajstić information content (AvgIpc) is 2.63. The fraction of sp³-hybridized carbons (Fsp3) is 0.263. The van der Waals surface area contributed by atoms with Crippen molar-refractivity contribution >= 4 is 0 Å². The monoisotopic (exact) mass is 333 g/mol. The van der Waals surface area contributed by atoms with Crippen LogP contribution in [-0.2, 0) is 19.5 Å². The van der Waals surface area contributed by atoms with Crippen LogP contribution in [0.2, 0.25) is 0 Å². The molecule has 3 aromatic rings. The summed E-state index contributed by atoms with van der Waals surface area (Å²) >= 11 is 0. The van der Waals surface area contributed by atoms with E-state index in [-0.39, 0.29) is 5.56 Å². The molecule has 0 aromatic carbocycles. The Labute approximate surface area is 145 Å². The number of aromatic nitrogens is 4. The maximum atomic E-state index is 12.6. The van der Waals surface area contributed by atoms with Gasteiger partial charge in [0.15, 0.2) is 0 Å². The van der Waals surface area contributed by atoms with E-state index >= 15 is 0 Å². The maximum absolute atomic E-state index is 12.6. The van der Waals surface area contributed by atoms with E-state index in [9.17, 15) is 4.79 Å². The van der Waals surface area contributed by atoms with Crippen molar-refractivity contribution in [3.8, 4) is 11.4 Å². The summed E-state index contributed by atoms with van der Waals surface area (Å²) in [6, 6.07) is 5.88. The second kappa shape index (κ2) is 6.57. The Balaban J connectivity index is 1.58. The molecule has 0 unspecified atom stereocenters. The number of nitrogens with zero attached hydrogens (tertiary/aromatic N) is 4. The molecule has 0 spiro atoms. The number of aryl methyl sites for hydroxylation is 1. The highest BCUT2D eigenvalue weighted by Gasteiger charge is 2.21. The van der Waals surface area contributed by atoms with Crippen LogP contribution in [-0.4, -0.2) is 31.4 Å². The number of H-pyrrole nitrogens is 1. The molecule has 6 nitrogen and oxygen atoms in total. The van der Waals surface area contributed by atoms with Gasteiger partial charge in [-0.2, -0.15) is 0 Å². The molecule has 0 radical (unpaired) electrons. The number of nitrogens with one attached hydrogen (secondary N) is 1. The van der Waals surface area contributed by atoms with Crippen molar-refractivity contribution in [2.24, 2.45) is 0 Å². The van der Waals surface area contributed by atoms with Gasteiger partial charge in [-0.15, -0.1) is 0 Å². The molecule has 3 aromatic heterocycles. The van der Waals surface area contributed by atoms with Crippen LogP contribution in [0.4, 0.5) is 0 Å². The molecule has 0 bridgehead atoms. The van der Waals surface area contributed by atoms with E-state index in [0.717, 1.165) is 41.9 Å². The van der Waals surface area contributed by atoms with Crippen LogP contribution >= 0.6 is 0 Å².